The maximum Gasteiger partial charge on any atom is 0.265 e. The summed E-state index contributed by atoms with van der Waals surface area (Å²) < 4.78 is 1.81. The minimum atomic E-state index is -0.234. The van der Waals surface area contributed by atoms with Gasteiger partial charge in [-0.3, -0.25) is 9.59 Å². The van der Waals surface area contributed by atoms with Crippen LogP contribution in [0, 0.1) is 18.3 Å². The molecule has 5 nitrogen and oxygen atoms in total. The molecule has 0 aromatic carbocycles. The fourth-order valence-electron chi connectivity index (χ4n) is 1.47. The smallest absolute Gasteiger partial charge is 0.265 e. The summed E-state index contributed by atoms with van der Waals surface area (Å²) in [4.78, 5) is 25.1. The molecule has 18 heavy (non-hydrogen) atoms. The number of halogens is 1. The lowest BCUT2D eigenvalue weighted by atomic mass is 10.3. The van der Waals surface area contributed by atoms with Gasteiger partial charge >= 0.3 is 0 Å². The van der Waals surface area contributed by atoms with Crippen LogP contribution in [0.5, 0.6) is 0 Å². The van der Waals surface area contributed by atoms with Crippen molar-refractivity contribution in [3.05, 3.63) is 32.7 Å². The van der Waals surface area contributed by atoms with E-state index in [0.29, 0.717) is 11.0 Å². The van der Waals surface area contributed by atoms with E-state index in [0.717, 1.165) is 5.56 Å². The molecular formula is C12H14BrN3O2. The number of hydrogen-bond acceptors (Lipinski definition) is 3. The number of aryl methyl sites for hydroxylation is 1. The Morgan fingerprint density at radius 3 is 2.89 bits per heavy atom. The lowest BCUT2D eigenvalue weighted by Crippen LogP contribution is -2.34. The average molecular weight is 312 g/mol. The zero-order valence-corrected chi connectivity index (χ0v) is 11.9. The molecule has 1 amide bonds. The van der Waals surface area contributed by atoms with Crippen LogP contribution in [0.25, 0.3) is 0 Å². The second-order valence-electron chi connectivity index (χ2n) is 4.02. The second kappa shape index (κ2) is 6.36. The van der Waals surface area contributed by atoms with Crippen LogP contribution in [0.4, 0.5) is 0 Å². The van der Waals surface area contributed by atoms with Crippen LogP contribution in [-0.2, 0) is 11.3 Å². The topological polar surface area (TPSA) is 66.1 Å². The van der Waals surface area contributed by atoms with Crippen LogP contribution < -0.4 is 5.56 Å². The van der Waals surface area contributed by atoms with E-state index in [4.69, 9.17) is 5.26 Å². The zero-order valence-electron chi connectivity index (χ0n) is 10.3. The van der Waals surface area contributed by atoms with Crippen LogP contribution in [0.1, 0.15) is 12.0 Å². The predicted octanol–water partition coefficient (Wildman–Crippen LogP) is 1.29. The van der Waals surface area contributed by atoms with E-state index in [1.54, 1.807) is 19.3 Å². The number of likely N-dealkylation sites (N-methyl/N-ethyl adjacent to an activating group) is 1. The monoisotopic (exact) mass is 311 g/mol. The summed E-state index contributed by atoms with van der Waals surface area (Å²) in [6.07, 6.45) is 1.93. The Morgan fingerprint density at radius 2 is 2.28 bits per heavy atom. The van der Waals surface area contributed by atoms with Gasteiger partial charge in [-0.25, -0.2) is 0 Å². The van der Waals surface area contributed by atoms with E-state index < -0.39 is 0 Å². The lowest BCUT2D eigenvalue weighted by molar-refractivity contribution is -0.130. The number of hydrogen-bond donors (Lipinski definition) is 0. The Balaban J connectivity index is 2.83. The Bertz CT molecular complexity index is 545. The van der Waals surface area contributed by atoms with Gasteiger partial charge in [0, 0.05) is 19.8 Å². The van der Waals surface area contributed by atoms with Crippen molar-refractivity contribution in [2.75, 3.05) is 13.6 Å². The highest BCUT2D eigenvalue weighted by molar-refractivity contribution is 9.10. The molecule has 1 heterocycles. The minimum Gasteiger partial charge on any atom is -0.343 e. The first-order valence-electron chi connectivity index (χ1n) is 5.43. The molecular weight excluding hydrogens is 298 g/mol. The van der Waals surface area contributed by atoms with Crippen LogP contribution in [0.3, 0.4) is 0 Å². The highest BCUT2D eigenvalue weighted by Crippen LogP contribution is 2.06. The Kier molecular flexibility index (Phi) is 5.10. The number of rotatable bonds is 4. The average Bonchev–Trinajstić information content (AvgIpc) is 2.32. The number of pyridine rings is 1. The van der Waals surface area contributed by atoms with E-state index in [-0.39, 0.29) is 24.4 Å². The molecule has 0 aliphatic carbocycles. The van der Waals surface area contributed by atoms with Crippen molar-refractivity contribution in [2.24, 2.45) is 0 Å². The molecule has 1 aromatic rings. The predicted molar refractivity (Wildman–Crippen MR) is 71.0 cm³/mol. The first-order valence-corrected chi connectivity index (χ1v) is 6.22. The molecule has 0 saturated heterocycles. The number of carbonyl (C=O) groups excluding carboxylic acids is 1. The lowest BCUT2D eigenvalue weighted by Gasteiger charge is -2.16. The molecule has 0 aliphatic rings. The van der Waals surface area contributed by atoms with Crippen LogP contribution in [-0.4, -0.2) is 29.0 Å². The Hall–Kier alpha value is -1.61. The van der Waals surface area contributed by atoms with Gasteiger partial charge in [-0.15, -0.1) is 0 Å². The van der Waals surface area contributed by atoms with Crippen molar-refractivity contribution >= 4 is 21.8 Å². The standard InChI is InChI=1S/C12H14BrN3O2/c1-9-6-10(13)12(18)16(7-9)8-11(17)15(2)5-3-4-14/h6-7H,3,5,8H2,1-2H3. The van der Waals surface area contributed by atoms with E-state index in [9.17, 15) is 9.59 Å². The third-order valence-corrected chi connectivity index (χ3v) is 3.04. The summed E-state index contributed by atoms with van der Waals surface area (Å²) in [5.41, 5.74) is 0.664. The van der Waals surface area contributed by atoms with Gasteiger partial charge in [-0.2, -0.15) is 5.26 Å². The molecule has 0 unspecified atom stereocenters. The van der Waals surface area contributed by atoms with Gasteiger partial charge in [-0.05, 0) is 34.5 Å². The zero-order chi connectivity index (χ0) is 13.7. The molecule has 0 fully saturated rings. The summed E-state index contributed by atoms with van der Waals surface area (Å²) in [6, 6.07) is 3.69. The highest BCUT2D eigenvalue weighted by atomic mass is 79.9. The molecule has 96 valence electrons. The van der Waals surface area contributed by atoms with Crippen molar-refractivity contribution in [1.29, 1.82) is 5.26 Å². The fraction of sp³-hybridized carbons (Fsp3) is 0.417. The van der Waals surface area contributed by atoms with Crippen molar-refractivity contribution in [3.63, 3.8) is 0 Å². The normalized spacial score (nSPS) is 9.89. The highest BCUT2D eigenvalue weighted by Gasteiger charge is 2.11. The maximum atomic E-state index is 11.8. The van der Waals surface area contributed by atoms with Crippen LogP contribution >= 0.6 is 15.9 Å². The summed E-state index contributed by atoms with van der Waals surface area (Å²) in [6.45, 7) is 2.21. The SMILES string of the molecule is Cc1cc(Br)c(=O)n(CC(=O)N(C)CCC#N)c1. The number of nitrogens with zero attached hydrogens (tertiary/aromatic N) is 3. The van der Waals surface area contributed by atoms with Crippen LogP contribution in [0.15, 0.2) is 21.5 Å². The van der Waals surface area contributed by atoms with E-state index in [2.05, 4.69) is 15.9 Å². The molecule has 1 aromatic heterocycles. The van der Waals surface area contributed by atoms with E-state index in [1.165, 1.54) is 9.47 Å². The number of nitriles is 1. The molecule has 0 atom stereocenters. The fourth-order valence-corrected chi connectivity index (χ4v) is 2.06. The van der Waals surface area contributed by atoms with Crippen molar-refractivity contribution in [3.8, 4) is 6.07 Å². The van der Waals surface area contributed by atoms with Gasteiger partial charge in [0.1, 0.15) is 6.54 Å². The first kappa shape index (κ1) is 14.5. The molecule has 1 rings (SSSR count). The summed E-state index contributed by atoms with van der Waals surface area (Å²) >= 11 is 3.16. The quantitative estimate of drug-likeness (QED) is 0.841. The third-order valence-electron chi connectivity index (χ3n) is 2.47. The van der Waals surface area contributed by atoms with Gasteiger partial charge in [0.25, 0.3) is 5.56 Å². The van der Waals surface area contributed by atoms with Crippen molar-refractivity contribution in [2.45, 2.75) is 19.9 Å². The van der Waals surface area contributed by atoms with Crippen molar-refractivity contribution in [1.82, 2.24) is 9.47 Å². The Morgan fingerprint density at radius 1 is 1.61 bits per heavy atom. The Labute approximate surface area is 114 Å². The second-order valence-corrected chi connectivity index (χ2v) is 4.88. The van der Waals surface area contributed by atoms with Gasteiger partial charge in [0.2, 0.25) is 5.91 Å². The molecule has 0 saturated carbocycles. The van der Waals surface area contributed by atoms with E-state index >= 15 is 0 Å². The van der Waals surface area contributed by atoms with Gasteiger partial charge in [0.05, 0.1) is 17.0 Å². The van der Waals surface area contributed by atoms with Crippen molar-refractivity contribution < 1.29 is 4.79 Å². The summed E-state index contributed by atoms with van der Waals surface area (Å²) in [7, 11) is 1.62. The maximum absolute atomic E-state index is 11.8. The molecule has 0 N–H and O–H groups in total. The van der Waals surface area contributed by atoms with Crippen LogP contribution in [0.2, 0.25) is 0 Å². The minimum absolute atomic E-state index is 0.0129. The molecule has 6 heteroatoms. The number of amides is 1. The molecule has 0 radical (unpaired) electrons. The first-order chi connectivity index (χ1) is 8.45. The number of aromatic nitrogens is 1. The molecule has 0 aliphatic heterocycles. The van der Waals surface area contributed by atoms with Gasteiger partial charge < -0.3 is 9.47 Å². The number of carbonyl (C=O) groups is 1. The molecule has 0 spiro atoms. The van der Waals surface area contributed by atoms with Gasteiger partial charge in [-0.1, -0.05) is 0 Å². The summed E-state index contributed by atoms with van der Waals surface area (Å²) in [5, 5.41) is 8.45. The largest absolute Gasteiger partial charge is 0.343 e. The van der Waals surface area contributed by atoms with E-state index in [1.807, 2.05) is 13.0 Å². The molecule has 0 bridgehead atoms. The summed E-state index contributed by atoms with van der Waals surface area (Å²) in [5.74, 6) is -0.190. The third kappa shape index (κ3) is 3.70. The van der Waals surface area contributed by atoms with Gasteiger partial charge in [0.15, 0.2) is 0 Å².